The summed E-state index contributed by atoms with van der Waals surface area (Å²) >= 11 is 5.11. The van der Waals surface area contributed by atoms with Crippen LogP contribution in [-0.4, -0.2) is 19.3 Å². The van der Waals surface area contributed by atoms with Gasteiger partial charge in [-0.1, -0.05) is 0 Å². The quantitative estimate of drug-likeness (QED) is 0.807. The van der Waals surface area contributed by atoms with Gasteiger partial charge in [0.15, 0.2) is 10.6 Å². The van der Waals surface area contributed by atoms with Crippen LogP contribution < -0.4 is 5.56 Å². The van der Waals surface area contributed by atoms with Crippen LogP contribution >= 0.6 is 12.2 Å². The number of fused-ring (bicyclic) bond motifs is 1. The van der Waals surface area contributed by atoms with Crippen molar-refractivity contribution in [3.05, 3.63) is 32.4 Å². The first kappa shape index (κ1) is 12.3. The van der Waals surface area contributed by atoms with E-state index < -0.39 is 0 Å². The van der Waals surface area contributed by atoms with Gasteiger partial charge < -0.3 is 9.13 Å². The number of aromatic amines is 1. The third-order valence-electron chi connectivity index (χ3n) is 3.86. The fraction of sp³-hybridized carbons (Fsp3) is 0.462. The smallest absolute Gasteiger partial charge is 0.261 e. The van der Waals surface area contributed by atoms with Crippen LogP contribution in [0.3, 0.4) is 0 Å². The summed E-state index contributed by atoms with van der Waals surface area (Å²) < 4.78 is 4.03. The van der Waals surface area contributed by atoms with Crippen molar-refractivity contribution in [1.82, 2.24) is 19.3 Å². The molecule has 0 saturated carbocycles. The molecule has 1 aliphatic carbocycles. The Balaban J connectivity index is 2.28. The highest BCUT2D eigenvalue weighted by Crippen LogP contribution is 2.23. The first-order valence-electron chi connectivity index (χ1n) is 6.43. The van der Waals surface area contributed by atoms with Crippen molar-refractivity contribution in [3.8, 4) is 11.4 Å². The van der Waals surface area contributed by atoms with Crippen molar-refractivity contribution in [1.29, 1.82) is 0 Å². The average Bonchev–Trinajstić information content (AvgIpc) is 2.75. The summed E-state index contributed by atoms with van der Waals surface area (Å²) in [4.78, 5) is 12.5. The number of hydrogen-bond acceptors (Lipinski definition) is 3. The fourth-order valence-corrected chi connectivity index (χ4v) is 2.87. The van der Waals surface area contributed by atoms with Crippen molar-refractivity contribution >= 4 is 12.2 Å². The lowest BCUT2D eigenvalue weighted by molar-refractivity contribution is 0.624. The Morgan fingerprint density at radius 3 is 2.68 bits per heavy atom. The standard InChI is InChI=1S/C13H16N4OS/c1-16-10-6-4-3-5-8(10)7-9(12(16)18)11-14-15-13(19)17(11)2/h7H,3-6H2,1-2H3,(H,15,19). The minimum atomic E-state index is -0.00208. The molecule has 19 heavy (non-hydrogen) atoms. The number of nitrogens with one attached hydrogen (secondary N) is 1. The van der Waals surface area contributed by atoms with Gasteiger partial charge in [-0.2, -0.15) is 5.10 Å². The maximum absolute atomic E-state index is 12.5. The molecule has 1 N–H and O–H groups in total. The van der Waals surface area contributed by atoms with Gasteiger partial charge in [0.05, 0.1) is 5.56 Å². The molecule has 2 heterocycles. The molecule has 3 rings (SSSR count). The van der Waals surface area contributed by atoms with E-state index in [-0.39, 0.29) is 5.56 Å². The Labute approximate surface area is 115 Å². The maximum Gasteiger partial charge on any atom is 0.261 e. The molecule has 0 spiro atoms. The zero-order chi connectivity index (χ0) is 13.6. The van der Waals surface area contributed by atoms with E-state index in [0.717, 1.165) is 25.0 Å². The molecule has 0 amide bonds. The average molecular weight is 276 g/mol. The highest BCUT2D eigenvalue weighted by molar-refractivity contribution is 7.71. The summed E-state index contributed by atoms with van der Waals surface area (Å²) in [6.45, 7) is 0. The van der Waals surface area contributed by atoms with Crippen LogP contribution in [-0.2, 0) is 26.9 Å². The number of pyridine rings is 1. The van der Waals surface area contributed by atoms with Crippen LogP contribution in [0, 0.1) is 4.77 Å². The zero-order valence-corrected chi connectivity index (χ0v) is 11.9. The van der Waals surface area contributed by atoms with E-state index in [4.69, 9.17) is 12.2 Å². The number of aromatic nitrogens is 4. The zero-order valence-electron chi connectivity index (χ0n) is 11.1. The summed E-state index contributed by atoms with van der Waals surface area (Å²) in [5.74, 6) is 0.610. The van der Waals surface area contributed by atoms with Gasteiger partial charge >= 0.3 is 0 Å². The van der Waals surface area contributed by atoms with Gasteiger partial charge in [0, 0.05) is 19.8 Å². The summed E-state index contributed by atoms with van der Waals surface area (Å²) in [5, 5.41) is 6.90. The third kappa shape index (κ3) is 1.87. The Morgan fingerprint density at radius 1 is 1.26 bits per heavy atom. The highest BCUT2D eigenvalue weighted by atomic mass is 32.1. The molecular weight excluding hydrogens is 260 g/mol. The molecule has 6 heteroatoms. The number of H-pyrrole nitrogens is 1. The lowest BCUT2D eigenvalue weighted by Gasteiger charge is -2.19. The van der Waals surface area contributed by atoms with Gasteiger partial charge in [0.1, 0.15) is 0 Å². The fourth-order valence-electron chi connectivity index (χ4n) is 2.74. The van der Waals surface area contributed by atoms with E-state index in [1.54, 1.807) is 9.13 Å². The maximum atomic E-state index is 12.5. The molecule has 2 aromatic heterocycles. The van der Waals surface area contributed by atoms with Gasteiger partial charge in [0.2, 0.25) is 0 Å². The molecular formula is C13H16N4OS. The number of aryl methyl sites for hydroxylation is 1. The molecule has 0 aromatic carbocycles. The van der Waals surface area contributed by atoms with Gasteiger partial charge in [0.25, 0.3) is 5.56 Å². The van der Waals surface area contributed by atoms with Gasteiger partial charge in [-0.05, 0) is 49.5 Å². The largest absolute Gasteiger partial charge is 0.315 e. The van der Waals surface area contributed by atoms with Gasteiger partial charge in [-0.3, -0.25) is 9.89 Å². The van der Waals surface area contributed by atoms with Crippen molar-refractivity contribution in [2.75, 3.05) is 0 Å². The second-order valence-electron chi connectivity index (χ2n) is 5.01. The second-order valence-corrected chi connectivity index (χ2v) is 5.40. The summed E-state index contributed by atoms with van der Waals surface area (Å²) in [7, 11) is 3.66. The predicted octanol–water partition coefficient (Wildman–Crippen LogP) is 1.72. The third-order valence-corrected chi connectivity index (χ3v) is 4.22. The Kier molecular flexibility index (Phi) is 2.89. The van der Waals surface area contributed by atoms with Gasteiger partial charge in [-0.25, -0.2) is 0 Å². The van der Waals surface area contributed by atoms with E-state index in [9.17, 15) is 4.79 Å². The molecule has 0 radical (unpaired) electrons. The monoisotopic (exact) mass is 276 g/mol. The SMILES string of the molecule is Cn1c(-c2cc3c(n(C)c2=O)CCCC3)n[nH]c1=S. The highest BCUT2D eigenvalue weighted by Gasteiger charge is 2.18. The Hall–Kier alpha value is -1.69. The molecule has 0 atom stereocenters. The molecule has 0 aliphatic heterocycles. The molecule has 2 aromatic rings. The van der Waals surface area contributed by atoms with E-state index >= 15 is 0 Å². The first-order valence-corrected chi connectivity index (χ1v) is 6.84. The van der Waals surface area contributed by atoms with E-state index in [1.165, 1.54) is 12.0 Å². The number of nitrogens with zero attached hydrogens (tertiary/aromatic N) is 3. The molecule has 0 unspecified atom stereocenters. The summed E-state index contributed by atoms with van der Waals surface area (Å²) in [6, 6.07) is 1.99. The molecule has 5 nitrogen and oxygen atoms in total. The topological polar surface area (TPSA) is 55.6 Å². The second kappa shape index (κ2) is 4.45. The van der Waals surface area contributed by atoms with Crippen molar-refractivity contribution in [3.63, 3.8) is 0 Å². The van der Waals surface area contributed by atoms with Crippen LogP contribution in [0.25, 0.3) is 11.4 Å². The normalized spacial score (nSPS) is 14.4. The van der Waals surface area contributed by atoms with Crippen molar-refractivity contribution < 1.29 is 0 Å². The summed E-state index contributed by atoms with van der Waals surface area (Å²) in [6.07, 6.45) is 4.36. The van der Waals surface area contributed by atoms with Crippen molar-refractivity contribution in [2.45, 2.75) is 25.7 Å². The minimum Gasteiger partial charge on any atom is -0.315 e. The Bertz CT molecular complexity index is 753. The summed E-state index contributed by atoms with van der Waals surface area (Å²) in [5.41, 5.74) is 3.05. The number of rotatable bonds is 1. The van der Waals surface area contributed by atoms with E-state index in [1.807, 2.05) is 20.2 Å². The van der Waals surface area contributed by atoms with E-state index in [2.05, 4.69) is 10.2 Å². The van der Waals surface area contributed by atoms with Crippen LogP contribution in [0.5, 0.6) is 0 Å². The van der Waals surface area contributed by atoms with Crippen LogP contribution in [0.4, 0.5) is 0 Å². The van der Waals surface area contributed by atoms with Crippen molar-refractivity contribution in [2.24, 2.45) is 14.1 Å². The lowest BCUT2D eigenvalue weighted by Crippen LogP contribution is -2.26. The molecule has 100 valence electrons. The molecule has 0 fully saturated rings. The first-order chi connectivity index (χ1) is 9.09. The van der Waals surface area contributed by atoms with Crippen LogP contribution in [0.1, 0.15) is 24.1 Å². The molecule has 1 aliphatic rings. The lowest BCUT2D eigenvalue weighted by atomic mass is 9.94. The molecule has 0 bridgehead atoms. The predicted molar refractivity (Wildman–Crippen MR) is 75.7 cm³/mol. The number of hydrogen-bond donors (Lipinski definition) is 1. The minimum absolute atomic E-state index is 0.00208. The van der Waals surface area contributed by atoms with E-state index in [0.29, 0.717) is 16.2 Å². The Morgan fingerprint density at radius 2 is 2.00 bits per heavy atom. The van der Waals surface area contributed by atoms with Crippen LogP contribution in [0.15, 0.2) is 10.9 Å². The van der Waals surface area contributed by atoms with Gasteiger partial charge in [-0.15, -0.1) is 0 Å². The van der Waals surface area contributed by atoms with Crippen LogP contribution in [0.2, 0.25) is 0 Å². The molecule has 0 saturated heterocycles.